The molecule has 2 N–H and O–H groups in total. The molecule has 0 unspecified atom stereocenters. The SMILES string of the molecule is CC.CC.CCOC(=O)c1ccc(O)c(O)c1. The molecule has 0 aliphatic heterocycles. The van der Waals surface area contributed by atoms with Crippen LogP contribution in [0.3, 0.4) is 0 Å². The minimum Gasteiger partial charge on any atom is -0.504 e. The monoisotopic (exact) mass is 242 g/mol. The van der Waals surface area contributed by atoms with Crippen molar-refractivity contribution in [1.29, 1.82) is 0 Å². The summed E-state index contributed by atoms with van der Waals surface area (Å²) in [5.41, 5.74) is 0.220. The van der Waals surface area contributed by atoms with Gasteiger partial charge in [-0.1, -0.05) is 27.7 Å². The molecule has 1 rings (SSSR count). The van der Waals surface area contributed by atoms with Crippen molar-refractivity contribution in [2.75, 3.05) is 6.61 Å². The van der Waals surface area contributed by atoms with E-state index in [9.17, 15) is 4.79 Å². The second kappa shape index (κ2) is 10.8. The average molecular weight is 242 g/mol. The number of rotatable bonds is 2. The zero-order valence-electron chi connectivity index (χ0n) is 11.2. The molecule has 0 radical (unpaired) electrons. The molecule has 0 fully saturated rings. The number of carbonyl (C=O) groups excluding carboxylic acids is 1. The van der Waals surface area contributed by atoms with Crippen LogP contribution in [0, 0.1) is 0 Å². The molecule has 0 aliphatic rings. The lowest BCUT2D eigenvalue weighted by molar-refractivity contribution is 0.0526. The highest BCUT2D eigenvalue weighted by Crippen LogP contribution is 2.24. The average Bonchev–Trinajstić information content (AvgIpc) is 2.38. The minimum atomic E-state index is -0.516. The Labute approximate surface area is 103 Å². The van der Waals surface area contributed by atoms with Crippen molar-refractivity contribution >= 4 is 5.97 Å². The van der Waals surface area contributed by atoms with Gasteiger partial charge >= 0.3 is 5.97 Å². The van der Waals surface area contributed by atoms with Crippen molar-refractivity contribution in [2.45, 2.75) is 34.6 Å². The summed E-state index contributed by atoms with van der Waals surface area (Å²) in [4.78, 5) is 11.1. The molecule has 0 aliphatic carbocycles. The van der Waals surface area contributed by atoms with E-state index in [-0.39, 0.29) is 23.7 Å². The highest BCUT2D eigenvalue weighted by molar-refractivity contribution is 5.90. The zero-order chi connectivity index (χ0) is 13.8. The summed E-state index contributed by atoms with van der Waals surface area (Å²) in [6, 6.07) is 3.78. The summed E-state index contributed by atoms with van der Waals surface area (Å²) >= 11 is 0. The quantitative estimate of drug-likeness (QED) is 0.616. The van der Waals surface area contributed by atoms with Crippen LogP contribution in [0.2, 0.25) is 0 Å². The molecule has 0 aromatic heterocycles. The molecule has 0 amide bonds. The molecule has 4 nitrogen and oxygen atoms in total. The van der Waals surface area contributed by atoms with Crippen LogP contribution in [0.15, 0.2) is 18.2 Å². The minimum absolute atomic E-state index is 0.220. The van der Waals surface area contributed by atoms with Crippen molar-refractivity contribution in [2.24, 2.45) is 0 Å². The number of hydrogen-bond donors (Lipinski definition) is 2. The summed E-state index contributed by atoms with van der Waals surface area (Å²) in [5, 5.41) is 18.0. The van der Waals surface area contributed by atoms with E-state index in [2.05, 4.69) is 0 Å². The molecule has 0 spiro atoms. The number of ether oxygens (including phenoxy) is 1. The fourth-order valence-electron chi connectivity index (χ4n) is 0.865. The Kier molecular flexibility index (Phi) is 11.2. The lowest BCUT2D eigenvalue weighted by Gasteiger charge is -2.02. The van der Waals surface area contributed by atoms with Crippen LogP contribution in [0.25, 0.3) is 0 Å². The lowest BCUT2D eigenvalue weighted by Crippen LogP contribution is -2.03. The fraction of sp³-hybridized carbons (Fsp3) is 0.462. The molecular weight excluding hydrogens is 220 g/mol. The topological polar surface area (TPSA) is 66.8 Å². The molecule has 0 heterocycles. The van der Waals surface area contributed by atoms with Gasteiger partial charge in [0.2, 0.25) is 0 Å². The van der Waals surface area contributed by atoms with Gasteiger partial charge < -0.3 is 14.9 Å². The van der Waals surface area contributed by atoms with Gasteiger partial charge in [-0.2, -0.15) is 0 Å². The zero-order valence-corrected chi connectivity index (χ0v) is 11.2. The van der Waals surface area contributed by atoms with Gasteiger partial charge in [0.15, 0.2) is 11.5 Å². The number of hydrogen-bond acceptors (Lipinski definition) is 4. The van der Waals surface area contributed by atoms with Gasteiger partial charge in [-0.05, 0) is 25.1 Å². The van der Waals surface area contributed by atoms with E-state index >= 15 is 0 Å². The largest absolute Gasteiger partial charge is 0.504 e. The fourth-order valence-corrected chi connectivity index (χ4v) is 0.865. The van der Waals surface area contributed by atoms with Crippen molar-refractivity contribution in [3.63, 3.8) is 0 Å². The van der Waals surface area contributed by atoms with Crippen molar-refractivity contribution < 1.29 is 19.7 Å². The predicted octanol–water partition coefficient (Wildman–Crippen LogP) is 3.33. The van der Waals surface area contributed by atoms with Crippen LogP contribution >= 0.6 is 0 Å². The first kappa shape index (κ1) is 17.7. The number of aromatic hydroxyl groups is 2. The molecule has 98 valence electrons. The van der Waals surface area contributed by atoms with Crippen LogP contribution < -0.4 is 0 Å². The van der Waals surface area contributed by atoms with Gasteiger partial charge in [-0.15, -0.1) is 0 Å². The molecule has 0 bridgehead atoms. The van der Waals surface area contributed by atoms with Crippen LogP contribution in [-0.4, -0.2) is 22.8 Å². The Hall–Kier alpha value is -1.71. The third-order valence-corrected chi connectivity index (χ3v) is 1.49. The Morgan fingerprint density at radius 3 is 2.06 bits per heavy atom. The molecule has 0 saturated carbocycles. The normalized spacial score (nSPS) is 8.06. The van der Waals surface area contributed by atoms with Gasteiger partial charge in [-0.3, -0.25) is 0 Å². The van der Waals surface area contributed by atoms with E-state index in [1.165, 1.54) is 12.1 Å². The number of carbonyl (C=O) groups is 1. The predicted molar refractivity (Wildman–Crippen MR) is 68.4 cm³/mol. The number of esters is 1. The Morgan fingerprint density at radius 2 is 1.65 bits per heavy atom. The standard InChI is InChI=1S/C9H10O4.2C2H6/c1-2-13-9(12)6-3-4-7(10)8(11)5-6;2*1-2/h3-5,10-11H,2H2,1H3;2*1-2H3. The molecule has 1 aromatic carbocycles. The van der Waals surface area contributed by atoms with E-state index in [0.29, 0.717) is 0 Å². The van der Waals surface area contributed by atoms with Gasteiger partial charge in [0.25, 0.3) is 0 Å². The molecule has 1 aromatic rings. The first-order valence-electron chi connectivity index (χ1n) is 5.84. The Morgan fingerprint density at radius 1 is 1.12 bits per heavy atom. The van der Waals surface area contributed by atoms with Gasteiger partial charge in [-0.25, -0.2) is 4.79 Å². The third-order valence-electron chi connectivity index (χ3n) is 1.49. The smallest absolute Gasteiger partial charge is 0.338 e. The van der Waals surface area contributed by atoms with Crippen LogP contribution in [0.4, 0.5) is 0 Å². The summed E-state index contributed by atoms with van der Waals surface area (Å²) in [6.45, 7) is 9.97. The summed E-state index contributed by atoms with van der Waals surface area (Å²) < 4.78 is 4.69. The first-order chi connectivity index (χ1) is 8.15. The third kappa shape index (κ3) is 6.45. The van der Waals surface area contributed by atoms with Gasteiger partial charge in [0, 0.05) is 0 Å². The number of phenols is 2. The molecular formula is C13H22O4. The maximum Gasteiger partial charge on any atom is 0.338 e. The van der Waals surface area contributed by atoms with Crippen molar-refractivity contribution in [1.82, 2.24) is 0 Å². The highest BCUT2D eigenvalue weighted by Gasteiger charge is 2.08. The van der Waals surface area contributed by atoms with Crippen LogP contribution in [0.5, 0.6) is 11.5 Å². The maximum absolute atomic E-state index is 11.1. The van der Waals surface area contributed by atoms with Gasteiger partial charge in [0.05, 0.1) is 12.2 Å². The molecule has 0 atom stereocenters. The Bertz CT molecular complexity index is 321. The highest BCUT2D eigenvalue weighted by atomic mass is 16.5. The first-order valence-corrected chi connectivity index (χ1v) is 5.84. The van der Waals surface area contributed by atoms with E-state index < -0.39 is 5.97 Å². The van der Waals surface area contributed by atoms with Crippen LogP contribution in [-0.2, 0) is 4.74 Å². The van der Waals surface area contributed by atoms with Crippen LogP contribution in [0.1, 0.15) is 45.0 Å². The molecule has 0 saturated heterocycles. The van der Waals surface area contributed by atoms with E-state index in [4.69, 9.17) is 14.9 Å². The van der Waals surface area contributed by atoms with E-state index in [0.717, 1.165) is 6.07 Å². The van der Waals surface area contributed by atoms with Crippen molar-refractivity contribution in [3.05, 3.63) is 23.8 Å². The lowest BCUT2D eigenvalue weighted by atomic mass is 10.2. The Balaban J connectivity index is 0. The molecule has 4 heteroatoms. The summed E-state index contributed by atoms with van der Waals surface area (Å²) in [6.07, 6.45) is 0. The molecule has 17 heavy (non-hydrogen) atoms. The second-order valence-electron chi connectivity index (χ2n) is 2.42. The number of phenolic OH excluding ortho intramolecular Hbond substituents is 2. The summed E-state index contributed by atoms with van der Waals surface area (Å²) in [7, 11) is 0. The van der Waals surface area contributed by atoms with E-state index in [1.807, 2.05) is 27.7 Å². The number of benzene rings is 1. The maximum atomic E-state index is 11.1. The van der Waals surface area contributed by atoms with E-state index in [1.54, 1.807) is 6.92 Å². The van der Waals surface area contributed by atoms with Gasteiger partial charge in [0.1, 0.15) is 0 Å². The van der Waals surface area contributed by atoms with Crippen molar-refractivity contribution in [3.8, 4) is 11.5 Å². The second-order valence-corrected chi connectivity index (χ2v) is 2.42. The summed E-state index contributed by atoms with van der Waals surface area (Å²) in [5.74, 6) is -1.10.